The minimum absolute atomic E-state index is 0. The van der Waals surface area contributed by atoms with Crippen molar-refractivity contribution in [2.45, 2.75) is 46.2 Å². The molecule has 23 heavy (non-hydrogen) atoms. The van der Waals surface area contributed by atoms with Gasteiger partial charge < -0.3 is 10.6 Å². The second-order valence-corrected chi connectivity index (χ2v) is 6.83. The molecule has 1 fully saturated rings. The van der Waals surface area contributed by atoms with Crippen molar-refractivity contribution in [2.24, 2.45) is 0 Å². The van der Waals surface area contributed by atoms with Crippen LogP contribution in [-0.4, -0.2) is 52.8 Å². The predicted molar refractivity (Wildman–Crippen MR) is 99.0 cm³/mol. The molecule has 0 aromatic carbocycles. The lowest BCUT2D eigenvalue weighted by molar-refractivity contribution is -0.118. The van der Waals surface area contributed by atoms with Gasteiger partial charge >= 0.3 is 0 Å². The number of halogens is 2. The number of nitrogens with zero attached hydrogens (tertiary/aromatic N) is 3. The van der Waals surface area contributed by atoms with E-state index in [4.69, 9.17) is 0 Å². The normalized spacial score (nSPS) is 18.7. The Hall–Kier alpha value is -0.820. The molecule has 8 heteroatoms. The first-order valence-electron chi connectivity index (χ1n) is 7.59. The zero-order chi connectivity index (χ0) is 15.6. The van der Waals surface area contributed by atoms with Crippen molar-refractivity contribution in [3.05, 3.63) is 11.8 Å². The molecule has 0 unspecified atom stereocenters. The summed E-state index contributed by atoms with van der Waals surface area (Å²) in [6.07, 6.45) is 0. The molecule has 1 aliphatic rings. The standard InChI is InChI=1S/C15H27N5O.2ClH/c1-11-8-13(20(18-11)15(3,4)5)17-14(21)10-19-7-6-16-9-12(19)2;;/h8,12,16H,6-7,9-10H2,1-5H3,(H,17,21);2*1H/t12-;;/m1../s1. The van der Waals surface area contributed by atoms with E-state index < -0.39 is 0 Å². The zero-order valence-corrected chi connectivity index (χ0v) is 16.2. The highest BCUT2D eigenvalue weighted by molar-refractivity contribution is 5.91. The Labute approximate surface area is 151 Å². The number of amides is 1. The van der Waals surface area contributed by atoms with E-state index in [0.29, 0.717) is 12.6 Å². The van der Waals surface area contributed by atoms with E-state index in [1.54, 1.807) is 0 Å². The third kappa shape index (κ3) is 5.95. The minimum Gasteiger partial charge on any atom is -0.314 e. The maximum Gasteiger partial charge on any atom is 0.239 e. The Kier molecular flexibility index (Phi) is 8.56. The second-order valence-electron chi connectivity index (χ2n) is 6.83. The zero-order valence-electron chi connectivity index (χ0n) is 14.5. The summed E-state index contributed by atoms with van der Waals surface area (Å²) in [6.45, 7) is 13.5. The van der Waals surface area contributed by atoms with Crippen LogP contribution < -0.4 is 10.6 Å². The summed E-state index contributed by atoms with van der Waals surface area (Å²) < 4.78 is 1.88. The number of aryl methyl sites for hydroxylation is 1. The molecule has 6 nitrogen and oxygen atoms in total. The van der Waals surface area contributed by atoms with Gasteiger partial charge in [-0.2, -0.15) is 5.10 Å². The number of anilines is 1. The van der Waals surface area contributed by atoms with Crippen molar-refractivity contribution in [3.63, 3.8) is 0 Å². The number of piperazine rings is 1. The average molecular weight is 366 g/mol. The SMILES string of the molecule is Cc1cc(NC(=O)CN2CCNC[C@H]2C)n(C(C)(C)C)n1.Cl.Cl. The summed E-state index contributed by atoms with van der Waals surface area (Å²) in [5.41, 5.74) is 0.759. The van der Waals surface area contributed by atoms with Gasteiger partial charge in [0.15, 0.2) is 0 Å². The van der Waals surface area contributed by atoms with Gasteiger partial charge in [0, 0.05) is 31.7 Å². The molecule has 0 saturated carbocycles. The number of hydrogen-bond acceptors (Lipinski definition) is 4. The fraction of sp³-hybridized carbons (Fsp3) is 0.733. The van der Waals surface area contributed by atoms with Crippen LogP contribution in [0.4, 0.5) is 5.82 Å². The minimum atomic E-state index is -0.154. The molecule has 2 N–H and O–H groups in total. The predicted octanol–water partition coefficient (Wildman–Crippen LogP) is 2.02. The van der Waals surface area contributed by atoms with Crippen LogP contribution in [0.1, 0.15) is 33.4 Å². The average Bonchev–Trinajstić information content (AvgIpc) is 2.73. The Morgan fingerprint density at radius 1 is 1.43 bits per heavy atom. The maximum absolute atomic E-state index is 12.3. The molecule has 0 bridgehead atoms. The molecule has 1 aromatic heterocycles. The van der Waals surface area contributed by atoms with Crippen LogP contribution >= 0.6 is 24.8 Å². The lowest BCUT2D eigenvalue weighted by atomic mass is 10.1. The molecular formula is C15H29Cl2N5O. The molecule has 1 atom stereocenters. The first-order valence-corrected chi connectivity index (χ1v) is 7.59. The molecule has 1 aliphatic heterocycles. The van der Waals surface area contributed by atoms with Crippen LogP contribution in [0.5, 0.6) is 0 Å². The van der Waals surface area contributed by atoms with Crippen LogP contribution in [0, 0.1) is 6.92 Å². The van der Waals surface area contributed by atoms with Crippen LogP contribution in [0.2, 0.25) is 0 Å². The van der Waals surface area contributed by atoms with E-state index in [-0.39, 0.29) is 36.3 Å². The summed E-state index contributed by atoms with van der Waals surface area (Å²) >= 11 is 0. The Bertz CT molecular complexity index is 512. The molecule has 1 amide bonds. The van der Waals surface area contributed by atoms with Crippen molar-refractivity contribution in [1.29, 1.82) is 0 Å². The molecule has 0 spiro atoms. The van der Waals surface area contributed by atoms with Gasteiger partial charge in [0.25, 0.3) is 0 Å². The van der Waals surface area contributed by atoms with Gasteiger partial charge in [0.2, 0.25) is 5.91 Å². The van der Waals surface area contributed by atoms with E-state index in [0.717, 1.165) is 31.1 Å². The number of nitrogens with one attached hydrogen (secondary N) is 2. The van der Waals surface area contributed by atoms with Gasteiger partial charge in [-0.05, 0) is 34.6 Å². The third-order valence-electron chi connectivity index (χ3n) is 3.72. The van der Waals surface area contributed by atoms with Crippen molar-refractivity contribution in [2.75, 3.05) is 31.5 Å². The number of carbonyl (C=O) groups excluding carboxylic acids is 1. The van der Waals surface area contributed by atoms with Gasteiger partial charge in [-0.15, -0.1) is 24.8 Å². The molecule has 0 aliphatic carbocycles. The molecule has 2 rings (SSSR count). The second kappa shape index (κ2) is 8.87. The summed E-state index contributed by atoms with van der Waals surface area (Å²) in [4.78, 5) is 14.5. The number of hydrogen-bond donors (Lipinski definition) is 2. The van der Waals surface area contributed by atoms with Gasteiger partial charge in [-0.1, -0.05) is 0 Å². The highest BCUT2D eigenvalue weighted by Gasteiger charge is 2.23. The van der Waals surface area contributed by atoms with E-state index in [2.05, 4.69) is 48.3 Å². The van der Waals surface area contributed by atoms with Crippen molar-refractivity contribution < 1.29 is 4.79 Å². The largest absolute Gasteiger partial charge is 0.314 e. The number of carbonyl (C=O) groups is 1. The fourth-order valence-corrected chi connectivity index (χ4v) is 2.58. The summed E-state index contributed by atoms with van der Waals surface area (Å²) in [5.74, 6) is 0.793. The highest BCUT2D eigenvalue weighted by Crippen LogP contribution is 2.21. The smallest absolute Gasteiger partial charge is 0.239 e. The first-order chi connectivity index (χ1) is 9.77. The van der Waals surface area contributed by atoms with Gasteiger partial charge in [-0.3, -0.25) is 9.69 Å². The summed E-state index contributed by atoms with van der Waals surface area (Å²) in [7, 11) is 0. The quantitative estimate of drug-likeness (QED) is 0.859. The Morgan fingerprint density at radius 3 is 2.65 bits per heavy atom. The van der Waals surface area contributed by atoms with Crippen LogP contribution in [0.15, 0.2) is 6.07 Å². The molecule has 1 aromatic rings. The Balaban J connectivity index is 0.00000242. The van der Waals surface area contributed by atoms with E-state index in [9.17, 15) is 4.79 Å². The van der Waals surface area contributed by atoms with Gasteiger partial charge in [0.05, 0.1) is 17.8 Å². The molecule has 1 saturated heterocycles. The van der Waals surface area contributed by atoms with E-state index in [1.165, 1.54) is 0 Å². The maximum atomic E-state index is 12.3. The van der Waals surface area contributed by atoms with Crippen molar-refractivity contribution in [3.8, 4) is 0 Å². The first kappa shape index (κ1) is 22.2. The van der Waals surface area contributed by atoms with Crippen LogP contribution in [0.3, 0.4) is 0 Å². The topological polar surface area (TPSA) is 62.2 Å². The van der Waals surface area contributed by atoms with E-state index >= 15 is 0 Å². The lowest BCUT2D eigenvalue weighted by Gasteiger charge is -2.33. The molecule has 0 radical (unpaired) electrons. The van der Waals surface area contributed by atoms with Gasteiger partial charge in [-0.25, -0.2) is 4.68 Å². The number of rotatable bonds is 3. The number of aromatic nitrogens is 2. The lowest BCUT2D eigenvalue weighted by Crippen LogP contribution is -2.52. The summed E-state index contributed by atoms with van der Waals surface area (Å²) in [6, 6.07) is 2.31. The molecule has 2 heterocycles. The fourth-order valence-electron chi connectivity index (χ4n) is 2.58. The monoisotopic (exact) mass is 365 g/mol. The van der Waals surface area contributed by atoms with Crippen molar-refractivity contribution in [1.82, 2.24) is 20.0 Å². The molecule has 134 valence electrons. The third-order valence-corrected chi connectivity index (χ3v) is 3.72. The summed E-state index contributed by atoms with van der Waals surface area (Å²) in [5, 5.41) is 10.8. The van der Waals surface area contributed by atoms with Gasteiger partial charge in [0.1, 0.15) is 5.82 Å². The van der Waals surface area contributed by atoms with Crippen molar-refractivity contribution >= 4 is 36.5 Å². The van der Waals surface area contributed by atoms with E-state index in [1.807, 2.05) is 17.7 Å². The van der Waals surface area contributed by atoms with Crippen LogP contribution in [-0.2, 0) is 10.3 Å². The Morgan fingerprint density at radius 2 is 2.09 bits per heavy atom. The highest BCUT2D eigenvalue weighted by atomic mass is 35.5. The molecular weight excluding hydrogens is 337 g/mol. The van der Waals surface area contributed by atoms with Crippen LogP contribution in [0.25, 0.3) is 0 Å².